The number of piperidine rings is 1. The van der Waals surface area contributed by atoms with Gasteiger partial charge in [-0.3, -0.25) is 4.79 Å². The van der Waals surface area contributed by atoms with Crippen molar-refractivity contribution < 1.29 is 17.9 Å². The Morgan fingerprint density at radius 1 is 1.27 bits per heavy atom. The summed E-state index contributed by atoms with van der Waals surface area (Å²) in [4.78, 5) is 13.4. The number of carbonyl (C=O) groups is 1. The highest BCUT2D eigenvalue weighted by Gasteiger charge is 2.24. The third-order valence-corrected chi connectivity index (χ3v) is 4.97. The van der Waals surface area contributed by atoms with Gasteiger partial charge in [-0.25, -0.2) is 0 Å². The molecule has 6 nitrogen and oxygen atoms in total. The highest BCUT2D eigenvalue weighted by atomic mass is 32.2. The zero-order valence-corrected chi connectivity index (χ0v) is 13.5. The average Bonchev–Trinajstić information content (AvgIpc) is 2.53. The van der Waals surface area contributed by atoms with Crippen LogP contribution in [-0.2, 0) is 19.6 Å². The number of rotatable bonds is 4. The molecule has 1 aromatic carbocycles. The average molecular weight is 324 g/mol. The first kappa shape index (κ1) is 16.5. The number of aryl methyl sites for hydroxylation is 1. The van der Waals surface area contributed by atoms with Gasteiger partial charge in [0.05, 0.1) is 17.9 Å². The Morgan fingerprint density at radius 3 is 2.41 bits per heavy atom. The number of hydrogen-bond acceptors (Lipinski definition) is 4. The van der Waals surface area contributed by atoms with Crippen molar-refractivity contribution in [2.24, 2.45) is 10.3 Å². The molecule has 1 fully saturated rings. The van der Waals surface area contributed by atoms with Crippen molar-refractivity contribution in [1.29, 1.82) is 0 Å². The molecule has 0 aliphatic carbocycles. The Hall–Kier alpha value is -1.89. The van der Waals surface area contributed by atoms with Crippen molar-refractivity contribution in [3.63, 3.8) is 0 Å². The highest BCUT2D eigenvalue weighted by molar-refractivity contribution is 7.90. The minimum Gasteiger partial charge on any atom is -0.469 e. The summed E-state index contributed by atoms with van der Waals surface area (Å²) in [5.41, 5.74) is 0.993. The van der Waals surface area contributed by atoms with E-state index in [1.54, 1.807) is 24.3 Å². The third-order valence-electron chi connectivity index (χ3n) is 3.73. The molecule has 0 unspecified atom stereocenters. The number of likely N-dealkylation sites (tertiary alicyclic amines) is 1. The monoisotopic (exact) mass is 324 g/mol. The molecule has 0 atom stereocenters. The van der Waals surface area contributed by atoms with Crippen molar-refractivity contribution in [3.05, 3.63) is 29.8 Å². The molecule has 120 valence electrons. The molecular weight excluding hydrogens is 304 g/mol. The van der Waals surface area contributed by atoms with E-state index in [0.717, 1.165) is 5.56 Å². The smallest absolute Gasteiger partial charge is 0.308 e. The van der Waals surface area contributed by atoms with Gasteiger partial charge in [-0.2, -0.15) is 8.42 Å². The Balaban J connectivity index is 1.97. The molecule has 22 heavy (non-hydrogen) atoms. The second-order valence-corrected chi connectivity index (χ2v) is 6.97. The SMILES string of the molecule is COC(=O)C1CCN(/C=N/S(=O)(=O)c2ccc(C)cc2)CC1. The van der Waals surface area contributed by atoms with Crippen LogP contribution in [0.2, 0.25) is 0 Å². The number of hydrogen-bond donors (Lipinski definition) is 0. The van der Waals surface area contributed by atoms with Gasteiger partial charge in [-0.05, 0) is 31.9 Å². The molecule has 7 heteroatoms. The van der Waals surface area contributed by atoms with E-state index in [-0.39, 0.29) is 16.8 Å². The fourth-order valence-electron chi connectivity index (χ4n) is 2.32. The number of esters is 1. The topological polar surface area (TPSA) is 76.0 Å². The van der Waals surface area contributed by atoms with Crippen LogP contribution in [0, 0.1) is 12.8 Å². The predicted molar refractivity (Wildman–Crippen MR) is 83.2 cm³/mol. The first-order chi connectivity index (χ1) is 10.4. The van der Waals surface area contributed by atoms with Crippen LogP contribution in [0.3, 0.4) is 0 Å². The molecule has 2 rings (SSSR count). The second kappa shape index (κ2) is 6.91. The van der Waals surface area contributed by atoms with Gasteiger partial charge in [0, 0.05) is 13.1 Å². The highest BCUT2D eigenvalue weighted by Crippen LogP contribution is 2.18. The predicted octanol–water partition coefficient (Wildman–Crippen LogP) is 1.60. The molecule has 0 radical (unpaired) electrons. The molecule has 1 aliphatic rings. The zero-order chi connectivity index (χ0) is 16.2. The first-order valence-electron chi connectivity index (χ1n) is 7.11. The Kier molecular flexibility index (Phi) is 5.18. The van der Waals surface area contributed by atoms with Crippen molar-refractivity contribution in [1.82, 2.24) is 4.90 Å². The van der Waals surface area contributed by atoms with E-state index in [1.165, 1.54) is 13.4 Å². The van der Waals surface area contributed by atoms with Gasteiger partial charge in [-0.1, -0.05) is 17.7 Å². The van der Waals surface area contributed by atoms with E-state index < -0.39 is 10.0 Å². The first-order valence-corrected chi connectivity index (χ1v) is 8.55. The molecule has 0 N–H and O–H groups in total. The minimum absolute atomic E-state index is 0.108. The molecule has 0 aromatic heterocycles. The largest absolute Gasteiger partial charge is 0.469 e. The van der Waals surface area contributed by atoms with Crippen molar-refractivity contribution in [2.45, 2.75) is 24.7 Å². The van der Waals surface area contributed by atoms with E-state index >= 15 is 0 Å². The summed E-state index contributed by atoms with van der Waals surface area (Å²) in [5, 5.41) is 0. The quantitative estimate of drug-likeness (QED) is 0.478. The fourth-order valence-corrected chi connectivity index (χ4v) is 3.18. The van der Waals surface area contributed by atoms with Gasteiger partial charge < -0.3 is 9.64 Å². The van der Waals surface area contributed by atoms with Crippen molar-refractivity contribution in [2.75, 3.05) is 20.2 Å². The lowest BCUT2D eigenvalue weighted by atomic mass is 9.97. The lowest BCUT2D eigenvalue weighted by Gasteiger charge is -2.28. The summed E-state index contributed by atoms with van der Waals surface area (Å²) in [6, 6.07) is 6.57. The Morgan fingerprint density at radius 2 is 1.86 bits per heavy atom. The second-order valence-electron chi connectivity index (χ2n) is 5.34. The Bertz CT molecular complexity index is 645. The molecule has 1 aliphatic heterocycles. The number of benzene rings is 1. The number of carbonyl (C=O) groups excluding carboxylic acids is 1. The molecule has 1 heterocycles. The van der Waals surface area contributed by atoms with Gasteiger partial charge in [0.2, 0.25) is 0 Å². The van der Waals surface area contributed by atoms with Crippen LogP contribution in [0.4, 0.5) is 0 Å². The van der Waals surface area contributed by atoms with Crippen LogP contribution in [0.5, 0.6) is 0 Å². The molecule has 1 saturated heterocycles. The molecular formula is C15H20N2O4S. The number of ether oxygens (including phenoxy) is 1. The lowest BCUT2D eigenvalue weighted by molar-refractivity contribution is -0.146. The van der Waals surface area contributed by atoms with Crippen LogP contribution in [-0.4, -0.2) is 45.8 Å². The number of nitrogens with zero attached hydrogens (tertiary/aromatic N) is 2. The minimum atomic E-state index is -3.67. The van der Waals surface area contributed by atoms with Gasteiger partial charge in [0.15, 0.2) is 0 Å². The van der Waals surface area contributed by atoms with Crippen LogP contribution in [0.1, 0.15) is 18.4 Å². The van der Waals surface area contributed by atoms with E-state index in [2.05, 4.69) is 4.40 Å². The third kappa shape index (κ3) is 4.07. The summed E-state index contributed by atoms with van der Waals surface area (Å²) in [5.74, 6) is -0.313. The maximum atomic E-state index is 12.1. The van der Waals surface area contributed by atoms with E-state index in [4.69, 9.17) is 4.74 Å². The Labute approximate surface area is 130 Å². The van der Waals surface area contributed by atoms with Crippen LogP contribution >= 0.6 is 0 Å². The van der Waals surface area contributed by atoms with E-state index in [0.29, 0.717) is 25.9 Å². The number of sulfonamides is 1. The van der Waals surface area contributed by atoms with E-state index in [9.17, 15) is 13.2 Å². The van der Waals surface area contributed by atoms with Crippen LogP contribution in [0.25, 0.3) is 0 Å². The molecule has 0 saturated carbocycles. The maximum absolute atomic E-state index is 12.1. The molecule has 1 aromatic rings. The van der Waals surface area contributed by atoms with Gasteiger partial charge in [-0.15, -0.1) is 4.40 Å². The maximum Gasteiger partial charge on any atom is 0.308 e. The van der Waals surface area contributed by atoms with Crippen molar-refractivity contribution >= 4 is 22.3 Å². The zero-order valence-electron chi connectivity index (χ0n) is 12.7. The summed E-state index contributed by atoms with van der Waals surface area (Å²) in [6.07, 6.45) is 2.63. The molecule has 0 bridgehead atoms. The van der Waals surface area contributed by atoms with Gasteiger partial charge in [0.1, 0.15) is 6.34 Å². The summed E-state index contributed by atoms with van der Waals surface area (Å²) in [7, 11) is -2.30. The molecule has 0 amide bonds. The fraction of sp³-hybridized carbons (Fsp3) is 0.467. The number of methoxy groups -OCH3 is 1. The summed E-state index contributed by atoms with van der Waals surface area (Å²) in [6.45, 7) is 3.07. The molecule has 0 spiro atoms. The lowest BCUT2D eigenvalue weighted by Crippen LogP contribution is -2.36. The summed E-state index contributed by atoms with van der Waals surface area (Å²) < 4.78 is 32.7. The van der Waals surface area contributed by atoms with E-state index in [1.807, 2.05) is 11.8 Å². The van der Waals surface area contributed by atoms with Crippen LogP contribution in [0.15, 0.2) is 33.6 Å². The van der Waals surface area contributed by atoms with Gasteiger partial charge in [0.25, 0.3) is 10.0 Å². The van der Waals surface area contributed by atoms with Gasteiger partial charge >= 0.3 is 5.97 Å². The summed E-state index contributed by atoms with van der Waals surface area (Å²) >= 11 is 0. The standard InChI is InChI=1S/C15H20N2O4S/c1-12-3-5-14(6-4-12)22(19,20)16-11-17-9-7-13(8-10-17)15(18)21-2/h3-6,11,13H,7-10H2,1-2H3/b16-11+. The van der Waals surface area contributed by atoms with Crippen LogP contribution < -0.4 is 0 Å². The normalized spacial score (nSPS) is 16.9. The van der Waals surface area contributed by atoms with Crippen molar-refractivity contribution in [3.8, 4) is 0 Å².